The monoisotopic (exact) mass is 313 g/mol. The van der Waals surface area contributed by atoms with Gasteiger partial charge in [0.25, 0.3) is 0 Å². The van der Waals surface area contributed by atoms with Crippen LogP contribution in [0.1, 0.15) is 44.7 Å². The molecule has 1 saturated carbocycles. The molecule has 0 saturated heterocycles. The van der Waals surface area contributed by atoms with Gasteiger partial charge in [-0.3, -0.25) is 0 Å². The Morgan fingerprint density at radius 3 is 2.57 bits per heavy atom. The molecule has 0 bridgehead atoms. The quantitative estimate of drug-likeness (QED) is 0.847. The predicted molar refractivity (Wildman–Crippen MR) is 84.5 cm³/mol. The number of rotatable bonds is 6. The van der Waals surface area contributed by atoms with E-state index in [1.807, 2.05) is 7.05 Å². The molecule has 6 heteroatoms. The molecule has 1 aromatic rings. The number of aromatic nitrogens is 1. The molecule has 0 aromatic carbocycles. The summed E-state index contributed by atoms with van der Waals surface area (Å²) >= 11 is 0. The minimum absolute atomic E-state index is 0.139. The van der Waals surface area contributed by atoms with Gasteiger partial charge >= 0.3 is 0 Å². The summed E-state index contributed by atoms with van der Waals surface area (Å²) in [6.45, 7) is 2.86. The van der Waals surface area contributed by atoms with Crippen LogP contribution >= 0.6 is 0 Å². The van der Waals surface area contributed by atoms with Gasteiger partial charge in [0, 0.05) is 31.5 Å². The van der Waals surface area contributed by atoms with E-state index in [-0.39, 0.29) is 6.04 Å². The third-order valence-electron chi connectivity index (χ3n) is 4.67. The Morgan fingerprint density at radius 2 is 2.00 bits per heavy atom. The molecule has 0 unspecified atom stereocenters. The Labute approximate surface area is 128 Å². The highest BCUT2D eigenvalue weighted by Gasteiger charge is 2.31. The van der Waals surface area contributed by atoms with E-state index >= 15 is 0 Å². The highest BCUT2D eigenvalue weighted by atomic mass is 32.2. The average molecular weight is 313 g/mol. The molecule has 0 radical (unpaired) electrons. The van der Waals surface area contributed by atoms with Crippen molar-refractivity contribution in [2.45, 2.75) is 56.5 Å². The summed E-state index contributed by atoms with van der Waals surface area (Å²) in [5, 5.41) is 3.01. The van der Waals surface area contributed by atoms with Crippen LogP contribution in [0, 0.1) is 5.92 Å². The Morgan fingerprint density at radius 1 is 1.33 bits per heavy atom. The fourth-order valence-corrected chi connectivity index (χ4v) is 4.57. The summed E-state index contributed by atoms with van der Waals surface area (Å²) in [6.07, 6.45) is 7.02. The van der Waals surface area contributed by atoms with Crippen LogP contribution in [0.4, 0.5) is 0 Å². The van der Waals surface area contributed by atoms with Crippen molar-refractivity contribution in [1.29, 1.82) is 0 Å². The van der Waals surface area contributed by atoms with E-state index in [1.165, 1.54) is 6.42 Å². The summed E-state index contributed by atoms with van der Waals surface area (Å²) in [6, 6.07) is 1.86. The van der Waals surface area contributed by atoms with Crippen molar-refractivity contribution in [2.75, 3.05) is 14.1 Å². The van der Waals surface area contributed by atoms with E-state index < -0.39 is 10.0 Å². The molecule has 1 heterocycles. The standard InChI is InChI=1S/C15H27N3O2S/c1-4-12-5-7-14(8-6-12)18(3)21(19,20)15-9-13(10-16-2)17-11-15/h9,11-12,14,16-17H,4-8,10H2,1-3H3. The molecule has 21 heavy (non-hydrogen) atoms. The molecule has 2 rings (SSSR count). The van der Waals surface area contributed by atoms with Gasteiger partial charge in [0.1, 0.15) is 0 Å². The topological polar surface area (TPSA) is 65.2 Å². The highest BCUT2D eigenvalue weighted by molar-refractivity contribution is 7.89. The highest BCUT2D eigenvalue weighted by Crippen LogP contribution is 2.31. The van der Waals surface area contributed by atoms with Gasteiger partial charge in [0.15, 0.2) is 0 Å². The van der Waals surface area contributed by atoms with Crippen molar-refractivity contribution in [3.8, 4) is 0 Å². The van der Waals surface area contributed by atoms with Gasteiger partial charge < -0.3 is 10.3 Å². The summed E-state index contributed by atoms with van der Waals surface area (Å²) in [7, 11) is 0.174. The van der Waals surface area contributed by atoms with Gasteiger partial charge in [-0.1, -0.05) is 13.3 Å². The lowest BCUT2D eigenvalue weighted by atomic mass is 9.85. The van der Waals surface area contributed by atoms with Crippen LogP contribution < -0.4 is 5.32 Å². The molecule has 2 N–H and O–H groups in total. The van der Waals surface area contributed by atoms with Gasteiger partial charge in [-0.05, 0) is 44.7 Å². The molecule has 1 fully saturated rings. The molecular formula is C15H27N3O2S. The Balaban J connectivity index is 2.07. The zero-order valence-electron chi connectivity index (χ0n) is 13.2. The minimum Gasteiger partial charge on any atom is -0.363 e. The van der Waals surface area contributed by atoms with Crippen molar-refractivity contribution in [1.82, 2.24) is 14.6 Å². The summed E-state index contributed by atoms with van der Waals surface area (Å²) in [4.78, 5) is 3.39. The third-order valence-corrected chi connectivity index (χ3v) is 6.56. The van der Waals surface area contributed by atoms with Crippen LogP contribution in [0.2, 0.25) is 0 Å². The number of aromatic amines is 1. The van der Waals surface area contributed by atoms with Crippen molar-refractivity contribution in [3.05, 3.63) is 18.0 Å². The first-order valence-electron chi connectivity index (χ1n) is 7.79. The predicted octanol–water partition coefficient (Wildman–Crippen LogP) is 2.32. The van der Waals surface area contributed by atoms with Crippen molar-refractivity contribution in [3.63, 3.8) is 0 Å². The van der Waals surface area contributed by atoms with Gasteiger partial charge in [0.2, 0.25) is 10.0 Å². The van der Waals surface area contributed by atoms with Crippen LogP contribution in [-0.4, -0.2) is 37.8 Å². The summed E-state index contributed by atoms with van der Waals surface area (Å²) < 4.78 is 26.9. The lowest BCUT2D eigenvalue weighted by molar-refractivity contribution is 0.233. The van der Waals surface area contributed by atoms with Crippen LogP contribution in [0.5, 0.6) is 0 Å². The first-order chi connectivity index (χ1) is 9.98. The van der Waals surface area contributed by atoms with E-state index in [0.29, 0.717) is 11.4 Å². The molecule has 1 aromatic heterocycles. The number of hydrogen-bond acceptors (Lipinski definition) is 3. The van der Waals surface area contributed by atoms with E-state index in [9.17, 15) is 8.42 Å². The van der Waals surface area contributed by atoms with Crippen molar-refractivity contribution in [2.24, 2.45) is 5.92 Å². The molecule has 0 spiro atoms. The average Bonchev–Trinajstić information content (AvgIpc) is 2.96. The first-order valence-corrected chi connectivity index (χ1v) is 9.23. The fourth-order valence-electron chi connectivity index (χ4n) is 3.14. The largest absolute Gasteiger partial charge is 0.363 e. The second kappa shape index (κ2) is 6.94. The van der Waals surface area contributed by atoms with Crippen LogP contribution in [0.3, 0.4) is 0 Å². The minimum atomic E-state index is -3.39. The van der Waals surface area contributed by atoms with Gasteiger partial charge in [0.05, 0.1) is 4.90 Å². The SMILES string of the molecule is CCC1CCC(N(C)S(=O)(=O)c2c[nH]c(CNC)c2)CC1. The maximum absolute atomic E-state index is 12.7. The maximum atomic E-state index is 12.7. The Bertz CT molecular complexity index is 545. The zero-order chi connectivity index (χ0) is 15.5. The van der Waals surface area contributed by atoms with E-state index in [0.717, 1.165) is 37.3 Å². The lowest BCUT2D eigenvalue weighted by Crippen LogP contribution is -2.39. The number of H-pyrrole nitrogens is 1. The molecule has 0 atom stereocenters. The van der Waals surface area contributed by atoms with Crippen molar-refractivity contribution < 1.29 is 8.42 Å². The second-order valence-corrected chi connectivity index (χ2v) is 7.99. The molecule has 0 aliphatic heterocycles. The van der Waals surface area contributed by atoms with E-state index in [2.05, 4.69) is 17.2 Å². The molecular weight excluding hydrogens is 286 g/mol. The van der Waals surface area contributed by atoms with Gasteiger partial charge in [-0.25, -0.2) is 8.42 Å². The van der Waals surface area contributed by atoms with Gasteiger partial charge in [-0.2, -0.15) is 4.31 Å². The molecule has 1 aliphatic rings. The van der Waals surface area contributed by atoms with Crippen LogP contribution in [-0.2, 0) is 16.6 Å². The summed E-state index contributed by atoms with van der Waals surface area (Å²) in [5.74, 6) is 0.770. The number of nitrogens with one attached hydrogen (secondary N) is 2. The Hall–Kier alpha value is -0.850. The summed E-state index contributed by atoms with van der Waals surface area (Å²) in [5.41, 5.74) is 0.888. The smallest absolute Gasteiger partial charge is 0.244 e. The number of hydrogen-bond donors (Lipinski definition) is 2. The normalized spacial score (nSPS) is 23.6. The fraction of sp³-hybridized carbons (Fsp3) is 0.733. The molecule has 5 nitrogen and oxygen atoms in total. The molecule has 120 valence electrons. The van der Waals surface area contributed by atoms with Crippen LogP contribution in [0.25, 0.3) is 0 Å². The lowest BCUT2D eigenvalue weighted by Gasteiger charge is -2.33. The van der Waals surface area contributed by atoms with Crippen LogP contribution in [0.15, 0.2) is 17.2 Å². The van der Waals surface area contributed by atoms with E-state index in [4.69, 9.17) is 0 Å². The number of sulfonamides is 1. The van der Waals surface area contributed by atoms with Gasteiger partial charge in [-0.15, -0.1) is 0 Å². The Kier molecular flexibility index (Phi) is 5.46. The zero-order valence-corrected chi connectivity index (χ0v) is 14.0. The third kappa shape index (κ3) is 3.67. The molecule has 1 aliphatic carbocycles. The molecule has 0 amide bonds. The maximum Gasteiger partial charge on any atom is 0.244 e. The van der Waals surface area contributed by atoms with Crippen molar-refractivity contribution >= 4 is 10.0 Å². The first kappa shape index (κ1) is 16.5. The second-order valence-electron chi connectivity index (χ2n) is 5.99. The number of nitrogens with zero attached hydrogens (tertiary/aromatic N) is 1. The van der Waals surface area contributed by atoms with E-state index in [1.54, 1.807) is 23.6 Å².